The Bertz CT molecular complexity index is 419. The smallest absolute Gasteiger partial charge is 0.00673 e. The Morgan fingerprint density at radius 3 is 2.77 bits per heavy atom. The van der Waals surface area contributed by atoms with Gasteiger partial charge in [0.15, 0.2) is 0 Å². The molecule has 1 fully saturated rings. The van der Waals surface area contributed by atoms with Crippen LogP contribution in [0.3, 0.4) is 0 Å². The fraction of sp³-hybridized carbons (Fsp3) is 0.619. The normalized spacial score (nSPS) is 22.0. The number of nitrogens with one attached hydrogen (secondary N) is 1. The molecule has 22 heavy (non-hydrogen) atoms. The van der Waals surface area contributed by atoms with E-state index >= 15 is 0 Å². The summed E-state index contributed by atoms with van der Waals surface area (Å²) in [7, 11) is 0. The Hall–Kier alpha value is -1.08. The van der Waals surface area contributed by atoms with Crippen molar-refractivity contribution in [2.24, 2.45) is 5.92 Å². The van der Waals surface area contributed by atoms with Crippen molar-refractivity contribution in [1.82, 2.24) is 5.32 Å². The van der Waals surface area contributed by atoms with Crippen LogP contribution in [-0.2, 0) is 0 Å². The minimum Gasteiger partial charge on any atom is -0.313 e. The van der Waals surface area contributed by atoms with Gasteiger partial charge in [-0.2, -0.15) is 0 Å². The molecule has 1 unspecified atom stereocenters. The van der Waals surface area contributed by atoms with Crippen LogP contribution in [0.1, 0.15) is 64.7 Å². The molecule has 1 N–H and O–H groups in total. The molecular weight excluding hydrogens is 266 g/mol. The maximum Gasteiger partial charge on any atom is 0.00673 e. The molecule has 0 radical (unpaired) electrons. The van der Waals surface area contributed by atoms with Crippen LogP contribution in [0, 0.1) is 5.92 Å². The molecule has 0 aromatic rings. The first-order chi connectivity index (χ1) is 10.8. The standard InChI is InChI=1S/C21H33N/c1-3-10-19-11-8-9-12-20(19)16-15-18(2)17-22-21-13-6-4-5-7-14-21/h3,9,12,15-16,18,21-22H,1,4-8,10-11,13-14,17H2,2H3/b16-15-. The molecular formula is C21H33N. The zero-order valence-electron chi connectivity index (χ0n) is 14.3. The highest BCUT2D eigenvalue weighted by Gasteiger charge is 2.12. The summed E-state index contributed by atoms with van der Waals surface area (Å²) in [6.45, 7) is 7.31. The molecule has 122 valence electrons. The summed E-state index contributed by atoms with van der Waals surface area (Å²) in [5.74, 6) is 0.594. The summed E-state index contributed by atoms with van der Waals surface area (Å²) in [6.07, 6.45) is 23.1. The van der Waals surface area contributed by atoms with Crippen LogP contribution in [-0.4, -0.2) is 12.6 Å². The van der Waals surface area contributed by atoms with E-state index in [0.717, 1.165) is 19.0 Å². The lowest BCUT2D eigenvalue weighted by molar-refractivity contribution is 0.438. The fourth-order valence-corrected chi connectivity index (χ4v) is 3.47. The van der Waals surface area contributed by atoms with Gasteiger partial charge < -0.3 is 5.32 Å². The van der Waals surface area contributed by atoms with Crippen LogP contribution in [0.4, 0.5) is 0 Å². The Morgan fingerprint density at radius 1 is 1.27 bits per heavy atom. The van der Waals surface area contributed by atoms with Crippen LogP contribution in [0.2, 0.25) is 0 Å². The summed E-state index contributed by atoms with van der Waals surface area (Å²) >= 11 is 0. The highest BCUT2D eigenvalue weighted by Crippen LogP contribution is 2.23. The minimum atomic E-state index is 0.594. The van der Waals surface area contributed by atoms with Gasteiger partial charge in [0.25, 0.3) is 0 Å². The lowest BCUT2D eigenvalue weighted by Gasteiger charge is -2.18. The van der Waals surface area contributed by atoms with Crippen molar-refractivity contribution in [3.63, 3.8) is 0 Å². The first kappa shape index (κ1) is 17.3. The summed E-state index contributed by atoms with van der Waals surface area (Å²) in [6, 6.07) is 0.753. The van der Waals surface area contributed by atoms with Gasteiger partial charge in [-0.1, -0.05) is 68.6 Å². The van der Waals surface area contributed by atoms with Crippen molar-refractivity contribution in [3.8, 4) is 0 Å². The van der Waals surface area contributed by atoms with Crippen molar-refractivity contribution in [3.05, 3.63) is 48.1 Å². The highest BCUT2D eigenvalue weighted by atomic mass is 14.9. The van der Waals surface area contributed by atoms with Gasteiger partial charge in [-0.05, 0) is 43.6 Å². The van der Waals surface area contributed by atoms with E-state index in [1.807, 2.05) is 6.08 Å². The molecule has 2 aliphatic carbocycles. The van der Waals surface area contributed by atoms with Crippen LogP contribution >= 0.6 is 0 Å². The van der Waals surface area contributed by atoms with Gasteiger partial charge in [0.2, 0.25) is 0 Å². The van der Waals surface area contributed by atoms with Gasteiger partial charge in [-0.25, -0.2) is 0 Å². The molecule has 0 amide bonds. The van der Waals surface area contributed by atoms with Crippen LogP contribution in [0.15, 0.2) is 48.1 Å². The lowest BCUT2D eigenvalue weighted by atomic mass is 9.94. The number of hydrogen-bond donors (Lipinski definition) is 1. The molecule has 1 saturated carbocycles. The molecule has 0 aliphatic heterocycles. The second-order valence-corrected chi connectivity index (χ2v) is 6.93. The Balaban J connectivity index is 1.81. The molecule has 0 spiro atoms. The van der Waals surface area contributed by atoms with Gasteiger partial charge in [0, 0.05) is 12.6 Å². The number of hydrogen-bond acceptors (Lipinski definition) is 1. The zero-order chi connectivity index (χ0) is 15.6. The molecule has 1 atom stereocenters. The quantitative estimate of drug-likeness (QED) is 0.468. The third kappa shape index (κ3) is 5.96. The van der Waals surface area contributed by atoms with E-state index < -0.39 is 0 Å². The fourth-order valence-electron chi connectivity index (χ4n) is 3.47. The molecule has 1 nitrogen and oxygen atoms in total. The second kappa shape index (κ2) is 9.84. The average Bonchev–Trinajstić information content (AvgIpc) is 2.81. The third-order valence-electron chi connectivity index (χ3n) is 4.90. The van der Waals surface area contributed by atoms with Crippen molar-refractivity contribution in [1.29, 1.82) is 0 Å². The summed E-state index contributed by atoms with van der Waals surface area (Å²) in [4.78, 5) is 0. The molecule has 0 bridgehead atoms. The monoisotopic (exact) mass is 299 g/mol. The van der Waals surface area contributed by atoms with Crippen molar-refractivity contribution < 1.29 is 0 Å². The van der Waals surface area contributed by atoms with Crippen molar-refractivity contribution in [2.75, 3.05) is 6.54 Å². The van der Waals surface area contributed by atoms with E-state index in [1.165, 1.54) is 62.5 Å². The highest BCUT2D eigenvalue weighted by molar-refractivity contribution is 5.39. The molecule has 0 aromatic carbocycles. The summed E-state index contributed by atoms with van der Waals surface area (Å²) in [5, 5.41) is 3.78. The molecule has 2 aliphatic rings. The first-order valence-corrected chi connectivity index (χ1v) is 9.20. The van der Waals surface area contributed by atoms with Crippen molar-refractivity contribution in [2.45, 2.75) is 70.8 Å². The summed E-state index contributed by atoms with van der Waals surface area (Å²) in [5.41, 5.74) is 2.95. The van der Waals surface area contributed by atoms with Crippen LogP contribution in [0.25, 0.3) is 0 Å². The minimum absolute atomic E-state index is 0.594. The van der Waals surface area contributed by atoms with Gasteiger partial charge in [-0.15, -0.1) is 6.58 Å². The molecule has 0 saturated heterocycles. The van der Waals surface area contributed by atoms with Gasteiger partial charge in [-0.3, -0.25) is 0 Å². The second-order valence-electron chi connectivity index (χ2n) is 6.93. The lowest BCUT2D eigenvalue weighted by Crippen LogP contribution is -2.31. The van der Waals surface area contributed by atoms with E-state index in [-0.39, 0.29) is 0 Å². The predicted octanol–water partition coefficient (Wildman–Crippen LogP) is 5.71. The van der Waals surface area contributed by atoms with Crippen LogP contribution in [0.5, 0.6) is 0 Å². The van der Waals surface area contributed by atoms with Gasteiger partial charge in [0.05, 0.1) is 0 Å². The van der Waals surface area contributed by atoms with Gasteiger partial charge >= 0.3 is 0 Å². The van der Waals surface area contributed by atoms with E-state index in [9.17, 15) is 0 Å². The topological polar surface area (TPSA) is 12.0 Å². The molecule has 0 aromatic heterocycles. The van der Waals surface area contributed by atoms with Gasteiger partial charge in [0.1, 0.15) is 0 Å². The number of allylic oxidation sites excluding steroid dienone is 6. The SMILES string of the molecule is C=CCC1=C(/C=C\C(C)CNC2CCCCCC2)C=CCC1. The molecule has 2 rings (SSSR count). The molecule has 0 heterocycles. The zero-order valence-corrected chi connectivity index (χ0v) is 14.3. The Labute approximate surface area is 137 Å². The van der Waals surface area contributed by atoms with Crippen LogP contribution < -0.4 is 5.32 Å². The third-order valence-corrected chi connectivity index (χ3v) is 4.90. The van der Waals surface area contributed by atoms with E-state index in [0.29, 0.717) is 5.92 Å². The van der Waals surface area contributed by atoms with E-state index in [4.69, 9.17) is 0 Å². The average molecular weight is 300 g/mol. The largest absolute Gasteiger partial charge is 0.313 e. The molecule has 1 heteroatoms. The number of rotatable bonds is 7. The predicted molar refractivity (Wildman–Crippen MR) is 98.0 cm³/mol. The summed E-state index contributed by atoms with van der Waals surface area (Å²) < 4.78 is 0. The van der Waals surface area contributed by atoms with Crippen molar-refractivity contribution >= 4 is 0 Å². The first-order valence-electron chi connectivity index (χ1n) is 9.20. The Morgan fingerprint density at radius 2 is 2.05 bits per heavy atom. The Kier molecular flexibility index (Phi) is 7.73. The van der Waals surface area contributed by atoms with E-state index in [1.54, 1.807) is 0 Å². The maximum atomic E-state index is 3.88. The maximum absolute atomic E-state index is 3.88. The van der Waals surface area contributed by atoms with E-state index in [2.05, 4.69) is 43.1 Å².